The molecule has 4 heteroatoms. The van der Waals surface area contributed by atoms with Crippen LogP contribution in [0.2, 0.25) is 0 Å². The van der Waals surface area contributed by atoms with Crippen LogP contribution in [0.1, 0.15) is 35.7 Å². The van der Waals surface area contributed by atoms with Gasteiger partial charge in [-0.3, -0.25) is 4.90 Å². The van der Waals surface area contributed by atoms with Crippen LogP contribution in [0.4, 0.5) is 0 Å². The highest BCUT2D eigenvalue weighted by Crippen LogP contribution is 2.35. The number of nitrogens with zero attached hydrogens (tertiary/aromatic N) is 1. The molecule has 0 bridgehead atoms. The molecule has 1 aromatic carbocycles. The summed E-state index contributed by atoms with van der Waals surface area (Å²) < 4.78 is 5.07. The molecule has 2 rings (SSSR count). The average Bonchev–Trinajstić information content (AvgIpc) is 3.21. The van der Waals surface area contributed by atoms with Crippen molar-refractivity contribution in [2.24, 2.45) is 5.92 Å². The summed E-state index contributed by atoms with van der Waals surface area (Å²) in [7, 11) is 3.58. The molecule has 1 unspecified atom stereocenters. The molecule has 1 N–H and O–H groups in total. The van der Waals surface area contributed by atoms with Crippen LogP contribution in [-0.4, -0.2) is 36.2 Å². The van der Waals surface area contributed by atoms with Crippen molar-refractivity contribution < 1.29 is 14.6 Å². The molecule has 0 amide bonds. The van der Waals surface area contributed by atoms with Crippen LogP contribution >= 0.6 is 0 Å². The number of carboxylic acid groups (broad SMARTS) is 1. The Morgan fingerprint density at radius 2 is 2.21 bits per heavy atom. The van der Waals surface area contributed by atoms with E-state index in [4.69, 9.17) is 9.84 Å². The lowest BCUT2D eigenvalue weighted by Gasteiger charge is -2.24. The predicted octanol–water partition coefficient (Wildman–Crippen LogP) is 2.62. The summed E-state index contributed by atoms with van der Waals surface area (Å²) in [6, 6.07) is 5.92. The molecule has 104 valence electrons. The smallest absolute Gasteiger partial charge is 0.339 e. The predicted molar refractivity (Wildman–Crippen MR) is 73.6 cm³/mol. The van der Waals surface area contributed by atoms with Gasteiger partial charge >= 0.3 is 5.97 Å². The Balaban J connectivity index is 2.11. The Morgan fingerprint density at radius 1 is 1.53 bits per heavy atom. The number of rotatable bonds is 6. The number of methoxy groups -OCH3 is 1. The first kappa shape index (κ1) is 13.9. The van der Waals surface area contributed by atoms with E-state index in [-0.39, 0.29) is 5.56 Å². The fourth-order valence-corrected chi connectivity index (χ4v) is 2.39. The first-order valence-corrected chi connectivity index (χ1v) is 6.63. The molecule has 1 aliphatic rings. The first-order chi connectivity index (χ1) is 9.02. The van der Waals surface area contributed by atoms with E-state index >= 15 is 0 Å². The van der Waals surface area contributed by atoms with Gasteiger partial charge in [-0.1, -0.05) is 6.07 Å². The van der Waals surface area contributed by atoms with Crippen molar-refractivity contribution in [3.63, 3.8) is 0 Å². The Morgan fingerprint density at radius 3 is 2.74 bits per heavy atom. The molecular weight excluding hydrogens is 242 g/mol. The van der Waals surface area contributed by atoms with Crippen molar-refractivity contribution in [3.8, 4) is 5.75 Å². The molecule has 1 fully saturated rings. The Kier molecular flexibility index (Phi) is 4.10. The summed E-state index contributed by atoms with van der Waals surface area (Å²) in [6.07, 6.45) is 2.63. The highest BCUT2D eigenvalue weighted by atomic mass is 16.5. The zero-order chi connectivity index (χ0) is 14.0. The third-order valence-electron chi connectivity index (χ3n) is 3.93. The molecule has 1 aliphatic carbocycles. The van der Waals surface area contributed by atoms with Gasteiger partial charge in [0, 0.05) is 12.6 Å². The van der Waals surface area contributed by atoms with Crippen LogP contribution < -0.4 is 4.74 Å². The Hall–Kier alpha value is -1.55. The fraction of sp³-hybridized carbons (Fsp3) is 0.533. The van der Waals surface area contributed by atoms with Gasteiger partial charge in [0.1, 0.15) is 11.3 Å². The van der Waals surface area contributed by atoms with Crippen molar-refractivity contribution in [1.29, 1.82) is 0 Å². The van der Waals surface area contributed by atoms with Crippen molar-refractivity contribution in [2.75, 3.05) is 14.2 Å². The van der Waals surface area contributed by atoms with Gasteiger partial charge in [0.05, 0.1) is 7.11 Å². The highest BCUT2D eigenvalue weighted by Gasteiger charge is 2.30. The summed E-state index contributed by atoms with van der Waals surface area (Å²) >= 11 is 0. The van der Waals surface area contributed by atoms with Gasteiger partial charge in [-0.05, 0) is 50.4 Å². The van der Waals surface area contributed by atoms with Gasteiger partial charge in [-0.2, -0.15) is 0 Å². The summed E-state index contributed by atoms with van der Waals surface area (Å²) in [5.41, 5.74) is 1.24. The minimum atomic E-state index is -0.948. The van der Waals surface area contributed by atoms with Gasteiger partial charge in [0.2, 0.25) is 0 Å². The van der Waals surface area contributed by atoms with E-state index in [1.54, 1.807) is 12.1 Å². The van der Waals surface area contributed by atoms with Gasteiger partial charge in [-0.25, -0.2) is 4.79 Å². The van der Waals surface area contributed by atoms with Crippen LogP contribution in [-0.2, 0) is 6.54 Å². The zero-order valence-electron chi connectivity index (χ0n) is 11.7. The van der Waals surface area contributed by atoms with Crippen molar-refractivity contribution in [3.05, 3.63) is 29.3 Å². The van der Waals surface area contributed by atoms with Crippen LogP contribution in [0.15, 0.2) is 18.2 Å². The minimum Gasteiger partial charge on any atom is -0.496 e. The molecule has 1 saturated carbocycles. The normalized spacial score (nSPS) is 16.4. The maximum Gasteiger partial charge on any atom is 0.339 e. The summed E-state index contributed by atoms with van der Waals surface area (Å²) in [5.74, 6) is 0.271. The molecule has 0 spiro atoms. The number of carboxylic acids is 1. The van der Waals surface area contributed by atoms with Crippen LogP contribution in [0.3, 0.4) is 0 Å². The highest BCUT2D eigenvalue weighted by molar-refractivity contribution is 5.91. The summed E-state index contributed by atoms with van der Waals surface area (Å²) in [6.45, 7) is 3.00. The molecule has 0 heterocycles. The van der Waals surface area contributed by atoms with Gasteiger partial charge in [0.15, 0.2) is 0 Å². The maximum absolute atomic E-state index is 11.2. The summed E-state index contributed by atoms with van der Waals surface area (Å²) in [5, 5.41) is 9.17. The quantitative estimate of drug-likeness (QED) is 0.857. The zero-order valence-corrected chi connectivity index (χ0v) is 11.7. The molecule has 1 atom stereocenters. The SMILES string of the molecule is COc1ccc(CN(C)C(C)C2CC2)cc1C(=O)O. The lowest BCUT2D eigenvalue weighted by molar-refractivity contribution is 0.0693. The van der Waals surface area contributed by atoms with Crippen molar-refractivity contribution >= 4 is 5.97 Å². The molecule has 1 aromatic rings. The summed E-state index contributed by atoms with van der Waals surface area (Å²) in [4.78, 5) is 13.5. The number of hydrogen-bond donors (Lipinski definition) is 1. The fourth-order valence-electron chi connectivity index (χ4n) is 2.39. The van der Waals surface area contributed by atoms with Crippen LogP contribution in [0.25, 0.3) is 0 Å². The standard InChI is InChI=1S/C15H21NO3/c1-10(12-5-6-12)16(2)9-11-4-7-14(19-3)13(8-11)15(17)18/h4,7-8,10,12H,5-6,9H2,1-3H3,(H,17,18). The molecule has 0 radical (unpaired) electrons. The van der Waals surface area contributed by atoms with Crippen molar-refractivity contribution in [1.82, 2.24) is 4.90 Å². The third kappa shape index (κ3) is 3.26. The number of carbonyl (C=O) groups is 1. The number of ether oxygens (including phenoxy) is 1. The molecule has 4 nitrogen and oxygen atoms in total. The second-order valence-electron chi connectivity index (χ2n) is 5.33. The molecule has 19 heavy (non-hydrogen) atoms. The minimum absolute atomic E-state index is 0.229. The monoisotopic (exact) mass is 263 g/mol. The van der Waals surface area contributed by atoms with Crippen LogP contribution in [0.5, 0.6) is 5.75 Å². The van der Waals surface area contributed by atoms with Gasteiger partial charge in [-0.15, -0.1) is 0 Å². The first-order valence-electron chi connectivity index (χ1n) is 6.63. The topological polar surface area (TPSA) is 49.8 Å². The van der Waals surface area contributed by atoms with E-state index < -0.39 is 5.97 Å². The van der Waals surface area contributed by atoms with Crippen molar-refractivity contribution in [2.45, 2.75) is 32.4 Å². The average molecular weight is 263 g/mol. The molecule has 0 saturated heterocycles. The maximum atomic E-state index is 11.2. The molecule has 0 aliphatic heterocycles. The number of aromatic carboxylic acids is 1. The molecule has 0 aromatic heterocycles. The third-order valence-corrected chi connectivity index (χ3v) is 3.93. The second kappa shape index (κ2) is 5.61. The van der Waals surface area contributed by atoms with E-state index in [0.717, 1.165) is 18.0 Å². The van der Waals surface area contributed by atoms with Gasteiger partial charge in [0.25, 0.3) is 0 Å². The Bertz CT molecular complexity index is 468. The Labute approximate surface area is 114 Å². The van der Waals surface area contributed by atoms with E-state index in [9.17, 15) is 4.79 Å². The number of benzene rings is 1. The lowest BCUT2D eigenvalue weighted by atomic mass is 10.1. The number of hydrogen-bond acceptors (Lipinski definition) is 3. The lowest BCUT2D eigenvalue weighted by Crippen LogP contribution is -2.30. The second-order valence-corrected chi connectivity index (χ2v) is 5.33. The largest absolute Gasteiger partial charge is 0.496 e. The van der Waals surface area contributed by atoms with E-state index in [2.05, 4.69) is 18.9 Å². The van der Waals surface area contributed by atoms with E-state index in [1.165, 1.54) is 20.0 Å². The van der Waals surface area contributed by atoms with E-state index in [0.29, 0.717) is 11.8 Å². The van der Waals surface area contributed by atoms with Gasteiger partial charge < -0.3 is 9.84 Å². The molecular formula is C15H21NO3. The van der Waals surface area contributed by atoms with E-state index in [1.807, 2.05) is 6.07 Å². The van der Waals surface area contributed by atoms with Crippen LogP contribution in [0, 0.1) is 5.92 Å².